The molecule has 2 nitrogen and oxygen atoms in total. The lowest BCUT2D eigenvalue weighted by Crippen LogP contribution is -1.97. The molecule has 0 aromatic heterocycles. The van der Waals surface area contributed by atoms with Gasteiger partial charge < -0.3 is 4.74 Å². The fourth-order valence-corrected chi connectivity index (χ4v) is 2.05. The number of ketones is 1. The summed E-state index contributed by atoms with van der Waals surface area (Å²) in [5.41, 5.74) is 2.17. The molecule has 0 aliphatic rings. The van der Waals surface area contributed by atoms with Gasteiger partial charge in [-0.1, -0.05) is 57.0 Å². The van der Waals surface area contributed by atoms with E-state index in [0.29, 0.717) is 0 Å². The predicted octanol–water partition coefficient (Wildman–Crippen LogP) is 5.71. The molecule has 0 saturated carbocycles. The predicted molar refractivity (Wildman–Crippen MR) is 97.3 cm³/mol. The molecule has 0 unspecified atom stereocenters. The van der Waals surface area contributed by atoms with E-state index in [1.165, 1.54) is 18.4 Å². The minimum atomic E-state index is 0.0881. The van der Waals surface area contributed by atoms with Crippen LogP contribution in [0.15, 0.2) is 54.6 Å². The Hall–Kier alpha value is -2.09. The van der Waals surface area contributed by atoms with E-state index >= 15 is 0 Å². The zero-order valence-corrected chi connectivity index (χ0v) is 14.5. The molecule has 124 valence electrons. The van der Waals surface area contributed by atoms with Crippen LogP contribution in [0, 0.1) is 0 Å². The molecule has 2 heteroatoms. The second-order valence-corrected chi connectivity index (χ2v) is 5.52. The molecular weight excluding hydrogens is 284 g/mol. The van der Waals surface area contributed by atoms with Crippen LogP contribution in [-0.2, 0) is 6.42 Å². The van der Waals surface area contributed by atoms with E-state index in [0.717, 1.165) is 30.8 Å². The first kappa shape index (κ1) is 19.0. The number of rotatable bonds is 7. The van der Waals surface area contributed by atoms with Crippen molar-refractivity contribution in [3.63, 3.8) is 0 Å². The number of Topliss-reactive ketones (excluding diaryl/α,β-unsaturated/α-hetero) is 1. The number of hydrogen-bond donors (Lipinski definition) is 0. The molecule has 0 aliphatic carbocycles. The molecule has 0 spiro atoms. The molecule has 0 heterocycles. The van der Waals surface area contributed by atoms with E-state index in [9.17, 15) is 4.79 Å². The molecule has 0 radical (unpaired) electrons. The van der Waals surface area contributed by atoms with E-state index in [4.69, 9.17) is 4.74 Å². The van der Waals surface area contributed by atoms with Gasteiger partial charge in [0.2, 0.25) is 0 Å². The monoisotopic (exact) mass is 312 g/mol. The Bertz CT molecular complexity index is 544. The highest BCUT2D eigenvalue weighted by molar-refractivity contribution is 5.94. The standard InChI is InChI=1S/C12H16O2.C9H12/c1-3-4-9-14-12-7-5-11(6-8-12)10(2)13;1-2-6-9-7-4-3-5-8-9/h5-8H,3-4,9H2,1-2H3;3-5,7-8H,2,6H2,1H3. The Kier molecular flexibility index (Phi) is 9.46. The maximum Gasteiger partial charge on any atom is 0.159 e. The maximum atomic E-state index is 11.0. The van der Waals surface area contributed by atoms with Gasteiger partial charge in [0, 0.05) is 5.56 Å². The quantitative estimate of drug-likeness (QED) is 0.483. The topological polar surface area (TPSA) is 26.3 Å². The summed E-state index contributed by atoms with van der Waals surface area (Å²) in [5, 5.41) is 0. The second kappa shape index (κ2) is 11.5. The van der Waals surface area contributed by atoms with Crippen molar-refractivity contribution in [3.8, 4) is 5.75 Å². The Labute approximate surface area is 140 Å². The first-order valence-electron chi connectivity index (χ1n) is 8.45. The van der Waals surface area contributed by atoms with Crippen molar-refractivity contribution in [2.45, 2.75) is 46.5 Å². The van der Waals surface area contributed by atoms with Gasteiger partial charge in [0.1, 0.15) is 5.75 Å². The van der Waals surface area contributed by atoms with Gasteiger partial charge in [0.25, 0.3) is 0 Å². The highest BCUT2D eigenvalue weighted by atomic mass is 16.5. The third-order valence-electron chi connectivity index (χ3n) is 3.41. The molecule has 0 atom stereocenters. The van der Waals surface area contributed by atoms with Crippen molar-refractivity contribution >= 4 is 5.78 Å². The van der Waals surface area contributed by atoms with Gasteiger partial charge in [-0.15, -0.1) is 0 Å². The minimum absolute atomic E-state index is 0.0881. The number of unbranched alkanes of at least 4 members (excludes halogenated alkanes) is 1. The van der Waals surface area contributed by atoms with Gasteiger partial charge in [0.05, 0.1) is 6.61 Å². The van der Waals surface area contributed by atoms with Crippen LogP contribution in [0.4, 0.5) is 0 Å². The van der Waals surface area contributed by atoms with Crippen molar-refractivity contribution in [1.82, 2.24) is 0 Å². The van der Waals surface area contributed by atoms with Gasteiger partial charge in [0.15, 0.2) is 5.78 Å². The molecular formula is C21H28O2. The van der Waals surface area contributed by atoms with E-state index in [1.807, 2.05) is 12.1 Å². The lowest BCUT2D eigenvalue weighted by atomic mass is 10.1. The summed E-state index contributed by atoms with van der Waals surface area (Å²) < 4.78 is 5.47. The molecule has 0 N–H and O–H groups in total. The van der Waals surface area contributed by atoms with Crippen LogP contribution >= 0.6 is 0 Å². The first-order chi connectivity index (χ1) is 11.2. The highest BCUT2D eigenvalue weighted by Gasteiger charge is 1.98. The van der Waals surface area contributed by atoms with Crippen LogP contribution in [0.5, 0.6) is 5.75 Å². The lowest BCUT2D eigenvalue weighted by Gasteiger charge is -2.05. The molecule has 0 amide bonds. The average molecular weight is 312 g/mol. The van der Waals surface area contributed by atoms with Crippen LogP contribution in [0.2, 0.25) is 0 Å². The van der Waals surface area contributed by atoms with Crippen molar-refractivity contribution in [2.75, 3.05) is 6.61 Å². The van der Waals surface area contributed by atoms with Crippen molar-refractivity contribution < 1.29 is 9.53 Å². The molecule has 0 fully saturated rings. The SMILES string of the molecule is CCCCOc1ccc(C(C)=O)cc1.CCCc1ccccc1. The third kappa shape index (κ3) is 8.20. The number of benzene rings is 2. The van der Waals surface area contributed by atoms with Crippen molar-refractivity contribution in [2.24, 2.45) is 0 Å². The van der Waals surface area contributed by atoms with E-state index in [-0.39, 0.29) is 5.78 Å². The van der Waals surface area contributed by atoms with Crippen LogP contribution in [0.3, 0.4) is 0 Å². The minimum Gasteiger partial charge on any atom is -0.494 e. The number of carbonyl (C=O) groups is 1. The normalized spacial score (nSPS) is 9.70. The first-order valence-corrected chi connectivity index (χ1v) is 8.45. The number of carbonyl (C=O) groups excluding carboxylic acids is 1. The summed E-state index contributed by atoms with van der Waals surface area (Å²) in [7, 11) is 0. The molecule has 0 bridgehead atoms. The van der Waals surface area contributed by atoms with Crippen LogP contribution in [0.25, 0.3) is 0 Å². The van der Waals surface area contributed by atoms with Gasteiger partial charge in [-0.3, -0.25) is 4.79 Å². The molecule has 0 aliphatic heterocycles. The molecule has 2 aromatic rings. The molecule has 2 rings (SSSR count). The Morgan fingerprint density at radius 3 is 2.09 bits per heavy atom. The Balaban J connectivity index is 0.000000253. The highest BCUT2D eigenvalue weighted by Crippen LogP contribution is 2.12. The van der Waals surface area contributed by atoms with Gasteiger partial charge in [-0.05, 0) is 49.6 Å². The Morgan fingerprint density at radius 1 is 0.913 bits per heavy atom. The molecule has 23 heavy (non-hydrogen) atoms. The van der Waals surface area contributed by atoms with E-state index < -0.39 is 0 Å². The fraction of sp³-hybridized carbons (Fsp3) is 0.381. The average Bonchev–Trinajstić information content (AvgIpc) is 2.57. The fourth-order valence-electron chi connectivity index (χ4n) is 2.05. The van der Waals surface area contributed by atoms with Crippen LogP contribution in [0.1, 0.15) is 56.0 Å². The largest absolute Gasteiger partial charge is 0.494 e. The summed E-state index contributed by atoms with van der Waals surface area (Å²) in [6.07, 6.45) is 4.64. The maximum absolute atomic E-state index is 11.0. The zero-order valence-electron chi connectivity index (χ0n) is 14.5. The molecule has 2 aromatic carbocycles. The lowest BCUT2D eigenvalue weighted by molar-refractivity contribution is 0.101. The second-order valence-electron chi connectivity index (χ2n) is 5.52. The Morgan fingerprint density at radius 2 is 1.57 bits per heavy atom. The summed E-state index contributed by atoms with van der Waals surface area (Å²) in [4.78, 5) is 11.0. The summed E-state index contributed by atoms with van der Waals surface area (Å²) in [5.74, 6) is 0.925. The smallest absolute Gasteiger partial charge is 0.159 e. The van der Waals surface area contributed by atoms with Gasteiger partial charge >= 0.3 is 0 Å². The van der Waals surface area contributed by atoms with E-state index in [2.05, 4.69) is 44.2 Å². The van der Waals surface area contributed by atoms with Crippen molar-refractivity contribution in [3.05, 3.63) is 65.7 Å². The van der Waals surface area contributed by atoms with E-state index in [1.54, 1.807) is 19.1 Å². The number of ether oxygens (including phenoxy) is 1. The van der Waals surface area contributed by atoms with Gasteiger partial charge in [-0.2, -0.15) is 0 Å². The third-order valence-corrected chi connectivity index (χ3v) is 3.41. The summed E-state index contributed by atoms with van der Waals surface area (Å²) >= 11 is 0. The molecule has 0 saturated heterocycles. The zero-order chi connectivity index (χ0) is 16.9. The van der Waals surface area contributed by atoms with Crippen molar-refractivity contribution in [1.29, 1.82) is 0 Å². The van der Waals surface area contributed by atoms with Crippen LogP contribution < -0.4 is 4.74 Å². The van der Waals surface area contributed by atoms with Crippen LogP contribution in [-0.4, -0.2) is 12.4 Å². The number of aryl methyl sites for hydroxylation is 1. The summed E-state index contributed by atoms with van der Waals surface area (Å²) in [6, 6.07) is 17.8. The number of hydrogen-bond acceptors (Lipinski definition) is 2. The summed E-state index contributed by atoms with van der Waals surface area (Å²) in [6.45, 7) is 6.64. The van der Waals surface area contributed by atoms with Gasteiger partial charge in [-0.25, -0.2) is 0 Å².